The topological polar surface area (TPSA) is 51.0 Å². The molecule has 0 saturated heterocycles. The molecule has 0 unspecified atom stereocenters. The van der Waals surface area contributed by atoms with Crippen molar-refractivity contribution in [2.45, 2.75) is 39.3 Å². The van der Waals surface area contributed by atoms with Gasteiger partial charge in [-0.2, -0.15) is 5.10 Å². The van der Waals surface area contributed by atoms with Crippen molar-refractivity contribution in [1.82, 2.24) is 19.7 Å². The van der Waals surface area contributed by atoms with E-state index in [-0.39, 0.29) is 18.5 Å². The van der Waals surface area contributed by atoms with Crippen LogP contribution in [0.15, 0.2) is 24.3 Å². The number of aryl methyl sites for hydroxylation is 3. The number of rotatable bonds is 4. The Morgan fingerprint density at radius 1 is 1.26 bits per heavy atom. The molecule has 0 bridgehead atoms. The molecule has 1 amide bonds. The largest absolute Gasteiger partial charge is 0.331 e. The van der Waals surface area contributed by atoms with Gasteiger partial charge in [-0.3, -0.25) is 9.48 Å². The van der Waals surface area contributed by atoms with Crippen LogP contribution in [0, 0.1) is 25.5 Å². The van der Waals surface area contributed by atoms with Crippen LogP contribution in [-0.4, -0.2) is 31.6 Å². The van der Waals surface area contributed by atoms with E-state index < -0.39 is 11.6 Å². The Morgan fingerprint density at radius 2 is 2.00 bits per heavy atom. The van der Waals surface area contributed by atoms with Gasteiger partial charge in [-0.1, -0.05) is 6.07 Å². The molecule has 7 heteroatoms. The molecule has 1 aliphatic carbocycles. The number of amides is 1. The van der Waals surface area contributed by atoms with Gasteiger partial charge in [0.05, 0.1) is 16.6 Å². The molecule has 0 N–H and O–H groups in total. The molecule has 1 saturated carbocycles. The van der Waals surface area contributed by atoms with Gasteiger partial charge in [0.1, 0.15) is 11.6 Å². The molecule has 2 aromatic heterocycles. The summed E-state index contributed by atoms with van der Waals surface area (Å²) in [6.45, 7) is 3.79. The summed E-state index contributed by atoms with van der Waals surface area (Å²) >= 11 is 0. The van der Waals surface area contributed by atoms with Crippen LogP contribution in [0.1, 0.15) is 40.2 Å². The van der Waals surface area contributed by atoms with E-state index in [2.05, 4.69) is 10.1 Å². The Hall–Kier alpha value is -2.83. The molecule has 1 aromatic carbocycles. The van der Waals surface area contributed by atoms with Crippen LogP contribution >= 0.6 is 0 Å². The lowest BCUT2D eigenvalue weighted by Crippen LogP contribution is -2.33. The van der Waals surface area contributed by atoms with E-state index in [1.807, 2.05) is 13.8 Å². The Kier molecular flexibility index (Phi) is 4.17. The molecule has 140 valence electrons. The summed E-state index contributed by atoms with van der Waals surface area (Å²) < 4.78 is 29.0. The highest BCUT2D eigenvalue weighted by Crippen LogP contribution is 2.32. The summed E-state index contributed by atoms with van der Waals surface area (Å²) in [6, 6.07) is 5.30. The number of carbonyl (C=O) groups is 1. The number of pyridine rings is 1. The Balaban J connectivity index is 1.76. The number of fused-ring (bicyclic) bond motifs is 1. The van der Waals surface area contributed by atoms with E-state index in [9.17, 15) is 13.6 Å². The van der Waals surface area contributed by atoms with Crippen LogP contribution < -0.4 is 0 Å². The Labute approximate surface area is 155 Å². The minimum atomic E-state index is -0.637. The second-order valence-corrected chi connectivity index (χ2v) is 7.12. The summed E-state index contributed by atoms with van der Waals surface area (Å²) in [5.74, 6) is -1.44. The first-order valence-corrected chi connectivity index (χ1v) is 8.91. The van der Waals surface area contributed by atoms with Crippen molar-refractivity contribution in [3.8, 4) is 0 Å². The van der Waals surface area contributed by atoms with Gasteiger partial charge in [0.25, 0.3) is 5.91 Å². The van der Waals surface area contributed by atoms with Crippen molar-refractivity contribution < 1.29 is 13.6 Å². The first-order valence-electron chi connectivity index (χ1n) is 8.91. The molecule has 4 rings (SSSR count). The SMILES string of the molecule is Cc1cc(C(=O)N(Cc2ccc(F)cc2F)C2CC2)c2c(C)nn(C)c2n1. The van der Waals surface area contributed by atoms with Crippen molar-refractivity contribution in [2.75, 3.05) is 0 Å². The van der Waals surface area contributed by atoms with Gasteiger partial charge in [-0.05, 0) is 38.8 Å². The van der Waals surface area contributed by atoms with E-state index in [0.29, 0.717) is 16.8 Å². The van der Waals surface area contributed by atoms with Crippen LogP contribution in [0.2, 0.25) is 0 Å². The van der Waals surface area contributed by atoms with Crippen LogP contribution in [0.25, 0.3) is 11.0 Å². The fraction of sp³-hybridized carbons (Fsp3) is 0.350. The predicted octanol–water partition coefficient (Wildman–Crippen LogP) is 3.67. The van der Waals surface area contributed by atoms with E-state index in [0.717, 1.165) is 35.7 Å². The number of hydrogen-bond acceptors (Lipinski definition) is 3. The lowest BCUT2D eigenvalue weighted by Gasteiger charge is -2.23. The molecule has 27 heavy (non-hydrogen) atoms. The number of hydrogen-bond donors (Lipinski definition) is 0. The summed E-state index contributed by atoms with van der Waals surface area (Å²) in [4.78, 5) is 19.6. The van der Waals surface area contributed by atoms with Gasteiger partial charge >= 0.3 is 0 Å². The monoisotopic (exact) mass is 370 g/mol. The van der Waals surface area contributed by atoms with E-state index in [1.165, 1.54) is 12.1 Å². The molecule has 0 spiro atoms. The van der Waals surface area contributed by atoms with Crippen LogP contribution in [0.3, 0.4) is 0 Å². The van der Waals surface area contributed by atoms with Crippen LogP contribution in [0.5, 0.6) is 0 Å². The molecule has 5 nitrogen and oxygen atoms in total. The summed E-state index contributed by atoms with van der Waals surface area (Å²) in [5.41, 5.74) is 2.93. The van der Waals surface area contributed by atoms with E-state index >= 15 is 0 Å². The maximum absolute atomic E-state index is 14.1. The number of nitrogens with zero attached hydrogens (tertiary/aromatic N) is 4. The maximum Gasteiger partial charge on any atom is 0.255 e. The lowest BCUT2D eigenvalue weighted by atomic mass is 10.1. The number of carbonyl (C=O) groups excluding carboxylic acids is 1. The Morgan fingerprint density at radius 3 is 2.67 bits per heavy atom. The van der Waals surface area contributed by atoms with E-state index in [4.69, 9.17) is 0 Å². The van der Waals surface area contributed by atoms with Gasteiger partial charge in [-0.25, -0.2) is 13.8 Å². The number of benzene rings is 1. The van der Waals surface area contributed by atoms with Crippen LogP contribution in [-0.2, 0) is 13.6 Å². The zero-order chi connectivity index (χ0) is 19.3. The normalized spacial score (nSPS) is 14.0. The average Bonchev–Trinajstić information content (AvgIpc) is 3.40. The van der Waals surface area contributed by atoms with Crippen molar-refractivity contribution in [3.05, 3.63) is 58.4 Å². The van der Waals surface area contributed by atoms with Crippen molar-refractivity contribution in [2.24, 2.45) is 7.05 Å². The third-order valence-corrected chi connectivity index (χ3v) is 4.93. The minimum absolute atomic E-state index is 0.0717. The second-order valence-electron chi connectivity index (χ2n) is 7.12. The molecule has 0 aliphatic heterocycles. The molecule has 0 radical (unpaired) electrons. The lowest BCUT2D eigenvalue weighted by molar-refractivity contribution is 0.0730. The van der Waals surface area contributed by atoms with Crippen molar-refractivity contribution in [1.29, 1.82) is 0 Å². The average molecular weight is 370 g/mol. The first kappa shape index (κ1) is 17.6. The molecular formula is C20H20F2N4O. The van der Waals surface area contributed by atoms with E-state index in [1.54, 1.807) is 22.7 Å². The quantitative estimate of drug-likeness (QED) is 0.704. The summed E-state index contributed by atoms with van der Waals surface area (Å²) in [7, 11) is 1.79. The van der Waals surface area contributed by atoms with Crippen molar-refractivity contribution in [3.63, 3.8) is 0 Å². The number of halogens is 2. The van der Waals surface area contributed by atoms with Gasteiger partial charge in [0.15, 0.2) is 5.65 Å². The second kappa shape index (κ2) is 6.40. The highest BCUT2D eigenvalue weighted by molar-refractivity contribution is 6.06. The third kappa shape index (κ3) is 3.18. The van der Waals surface area contributed by atoms with Crippen LogP contribution in [0.4, 0.5) is 8.78 Å². The smallest absolute Gasteiger partial charge is 0.255 e. The van der Waals surface area contributed by atoms with Crippen molar-refractivity contribution >= 4 is 16.9 Å². The molecular weight excluding hydrogens is 350 g/mol. The molecule has 3 aromatic rings. The standard InChI is InChI=1S/C20H20F2N4O/c1-11-8-16(18-12(2)24-25(3)19(18)23-11)20(27)26(15-6-7-15)10-13-4-5-14(21)9-17(13)22/h4-5,8-9,15H,6-7,10H2,1-3H3. The molecule has 2 heterocycles. The molecule has 1 aliphatic rings. The fourth-order valence-corrected chi connectivity index (χ4v) is 3.48. The minimum Gasteiger partial charge on any atom is -0.331 e. The number of aromatic nitrogens is 3. The third-order valence-electron chi connectivity index (χ3n) is 4.93. The first-order chi connectivity index (χ1) is 12.8. The maximum atomic E-state index is 14.1. The highest BCUT2D eigenvalue weighted by Gasteiger charge is 2.35. The zero-order valence-corrected chi connectivity index (χ0v) is 15.5. The zero-order valence-electron chi connectivity index (χ0n) is 15.5. The Bertz CT molecular complexity index is 1060. The van der Waals surface area contributed by atoms with Gasteiger partial charge in [0, 0.05) is 37.0 Å². The molecule has 0 atom stereocenters. The molecule has 1 fully saturated rings. The fourth-order valence-electron chi connectivity index (χ4n) is 3.48. The van der Waals surface area contributed by atoms with Gasteiger partial charge < -0.3 is 4.90 Å². The summed E-state index contributed by atoms with van der Waals surface area (Å²) in [6.07, 6.45) is 1.77. The van der Waals surface area contributed by atoms with Gasteiger partial charge in [0.2, 0.25) is 0 Å². The van der Waals surface area contributed by atoms with Gasteiger partial charge in [-0.15, -0.1) is 0 Å². The summed E-state index contributed by atoms with van der Waals surface area (Å²) in [5, 5.41) is 5.10. The highest BCUT2D eigenvalue weighted by atomic mass is 19.1. The predicted molar refractivity (Wildman–Crippen MR) is 97.2 cm³/mol.